The van der Waals surface area contributed by atoms with Crippen LogP contribution in [0.15, 0.2) is 6.20 Å². The van der Waals surface area contributed by atoms with Crippen molar-refractivity contribution in [3.63, 3.8) is 0 Å². The van der Waals surface area contributed by atoms with Crippen molar-refractivity contribution in [3.05, 3.63) is 12.0 Å². The minimum Gasteiger partial charge on any atom is -0.449 e. The Bertz CT molecular complexity index is 324. The van der Waals surface area contributed by atoms with Gasteiger partial charge in [0, 0.05) is 6.54 Å². The molecule has 6 heteroatoms. The van der Waals surface area contributed by atoms with Crippen LogP contribution in [-0.4, -0.2) is 27.4 Å². The minimum absolute atomic E-state index is 0.149. The summed E-state index contributed by atoms with van der Waals surface area (Å²) in [4.78, 5) is 14.3. The number of aromatic nitrogens is 2. The maximum atomic E-state index is 10.3. The van der Waals surface area contributed by atoms with E-state index in [4.69, 9.17) is 5.11 Å². The molecule has 0 bridgehead atoms. The fraction of sp³-hybridized carbons (Fsp3) is 0.500. The highest BCUT2D eigenvalue weighted by Crippen LogP contribution is 2.13. The predicted molar refractivity (Wildman–Crippen MR) is 47.2 cm³/mol. The molecule has 0 atom stereocenters. The highest BCUT2D eigenvalue weighted by molar-refractivity contribution is 5.60. The summed E-state index contributed by atoms with van der Waals surface area (Å²) in [6, 6.07) is 0. The maximum absolute atomic E-state index is 10.3. The number of hydrogen-bond acceptors (Lipinski definition) is 4. The highest BCUT2D eigenvalue weighted by atomic mass is 16.7. The zero-order valence-electron chi connectivity index (χ0n) is 7.56. The van der Waals surface area contributed by atoms with E-state index < -0.39 is 6.16 Å². The number of hydrogen-bond donors (Lipinski definition) is 2. The number of nitrogens with one attached hydrogen (secondary N) is 1. The summed E-state index contributed by atoms with van der Waals surface area (Å²) < 4.78 is 6.38. The molecular weight excluding hydrogens is 186 g/mol. The highest BCUT2D eigenvalue weighted by Gasteiger charge is 2.12. The zero-order valence-corrected chi connectivity index (χ0v) is 7.56. The molecule has 0 unspecified atom stereocenters. The molecule has 76 valence electrons. The number of aryl methyl sites for hydroxylation is 1. The second kappa shape index (κ2) is 3.67. The lowest BCUT2D eigenvalue weighted by Crippen LogP contribution is -2.13. The van der Waals surface area contributed by atoms with E-state index in [1.807, 2.05) is 4.57 Å². The van der Waals surface area contributed by atoms with Crippen LogP contribution in [-0.2, 0) is 13.1 Å². The molecular formula is C8H11N3O3. The number of carboxylic acid groups (broad SMARTS) is 1. The van der Waals surface area contributed by atoms with Crippen LogP contribution in [0.2, 0.25) is 0 Å². The summed E-state index contributed by atoms with van der Waals surface area (Å²) in [5.74, 6) is 0.968. The van der Waals surface area contributed by atoms with Crippen molar-refractivity contribution < 1.29 is 14.6 Å². The van der Waals surface area contributed by atoms with Gasteiger partial charge in [0.1, 0.15) is 5.82 Å². The molecule has 1 aliphatic rings. The molecule has 1 aromatic rings. The van der Waals surface area contributed by atoms with E-state index in [1.54, 1.807) is 6.20 Å². The summed E-state index contributed by atoms with van der Waals surface area (Å²) in [6.45, 7) is 2.46. The van der Waals surface area contributed by atoms with Gasteiger partial charge >= 0.3 is 6.16 Å². The van der Waals surface area contributed by atoms with Gasteiger partial charge in [0.15, 0.2) is 0 Å². The van der Waals surface area contributed by atoms with Crippen LogP contribution in [0.5, 0.6) is 5.88 Å². The lowest BCUT2D eigenvalue weighted by Gasteiger charge is -1.98. The van der Waals surface area contributed by atoms with E-state index in [0.29, 0.717) is 6.54 Å². The quantitative estimate of drug-likeness (QED) is 0.638. The third kappa shape index (κ3) is 1.85. The molecule has 1 aromatic heterocycles. The fourth-order valence-electron chi connectivity index (χ4n) is 1.48. The van der Waals surface area contributed by atoms with Gasteiger partial charge in [-0.3, -0.25) is 0 Å². The van der Waals surface area contributed by atoms with Gasteiger partial charge < -0.3 is 19.7 Å². The van der Waals surface area contributed by atoms with Crippen molar-refractivity contribution >= 4 is 6.16 Å². The fourth-order valence-corrected chi connectivity index (χ4v) is 1.48. The van der Waals surface area contributed by atoms with Gasteiger partial charge in [-0.25, -0.2) is 4.79 Å². The lowest BCUT2D eigenvalue weighted by atomic mass is 10.4. The molecule has 0 saturated carbocycles. The standard InChI is InChI=1S/C8H11N3O3/c12-8(13)14-7-5-11-3-1-2-9-4-6(11)10-7/h5,9H,1-4H2,(H,12,13). The van der Waals surface area contributed by atoms with Gasteiger partial charge in [-0.15, -0.1) is 0 Å². The van der Waals surface area contributed by atoms with Crippen molar-refractivity contribution in [2.75, 3.05) is 6.54 Å². The Labute approximate surface area is 80.5 Å². The first-order valence-corrected chi connectivity index (χ1v) is 4.43. The summed E-state index contributed by atoms with van der Waals surface area (Å²) in [6.07, 6.45) is 1.30. The van der Waals surface area contributed by atoms with E-state index in [1.165, 1.54) is 0 Å². The van der Waals surface area contributed by atoms with Crippen molar-refractivity contribution in [1.82, 2.24) is 14.9 Å². The normalized spacial score (nSPS) is 15.7. The zero-order chi connectivity index (χ0) is 9.97. The molecule has 2 N–H and O–H groups in total. The van der Waals surface area contributed by atoms with E-state index in [-0.39, 0.29) is 5.88 Å². The third-order valence-electron chi connectivity index (χ3n) is 2.06. The van der Waals surface area contributed by atoms with Crippen LogP contribution >= 0.6 is 0 Å². The maximum Gasteiger partial charge on any atom is 0.512 e. The SMILES string of the molecule is O=C(O)Oc1cn2c(n1)CNCCC2. The molecule has 0 aliphatic carbocycles. The molecule has 0 aromatic carbocycles. The van der Waals surface area contributed by atoms with Gasteiger partial charge in [0.05, 0.1) is 12.7 Å². The molecule has 0 amide bonds. The second-order valence-electron chi connectivity index (χ2n) is 3.09. The molecule has 0 saturated heterocycles. The number of nitrogens with zero attached hydrogens (tertiary/aromatic N) is 2. The number of ether oxygens (including phenoxy) is 1. The molecule has 2 heterocycles. The summed E-state index contributed by atoms with van der Waals surface area (Å²) in [5, 5.41) is 11.6. The van der Waals surface area contributed by atoms with Gasteiger partial charge in [-0.05, 0) is 13.0 Å². The van der Waals surface area contributed by atoms with Crippen LogP contribution in [0, 0.1) is 0 Å². The Morgan fingerprint density at radius 2 is 2.57 bits per heavy atom. The topological polar surface area (TPSA) is 76.4 Å². The summed E-state index contributed by atoms with van der Waals surface area (Å²) in [7, 11) is 0. The molecule has 0 radical (unpaired) electrons. The van der Waals surface area contributed by atoms with Crippen molar-refractivity contribution in [3.8, 4) is 5.88 Å². The minimum atomic E-state index is -1.33. The lowest BCUT2D eigenvalue weighted by molar-refractivity contribution is 0.142. The van der Waals surface area contributed by atoms with Crippen molar-refractivity contribution in [2.45, 2.75) is 19.5 Å². The molecule has 6 nitrogen and oxygen atoms in total. The first kappa shape index (κ1) is 9.01. The Kier molecular flexibility index (Phi) is 2.36. The molecule has 0 fully saturated rings. The second-order valence-corrected chi connectivity index (χ2v) is 3.09. The van der Waals surface area contributed by atoms with E-state index >= 15 is 0 Å². The number of carbonyl (C=O) groups is 1. The monoisotopic (exact) mass is 197 g/mol. The van der Waals surface area contributed by atoms with Gasteiger partial charge in [0.2, 0.25) is 5.88 Å². The Hall–Kier alpha value is -1.56. The van der Waals surface area contributed by atoms with Crippen LogP contribution in [0.3, 0.4) is 0 Å². The van der Waals surface area contributed by atoms with Crippen LogP contribution in [0.25, 0.3) is 0 Å². The Balaban J connectivity index is 2.18. The number of imidazole rings is 1. The van der Waals surface area contributed by atoms with Crippen molar-refractivity contribution in [2.24, 2.45) is 0 Å². The van der Waals surface area contributed by atoms with Gasteiger partial charge in [-0.1, -0.05) is 0 Å². The largest absolute Gasteiger partial charge is 0.512 e. The number of rotatable bonds is 1. The first-order valence-electron chi connectivity index (χ1n) is 4.43. The van der Waals surface area contributed by atoms with E-state index in [2.05, 4.69) is 15.0 Å². The van der Waals surface area contributed by atoms with E-state index in [0.717, 1.165) is 25.3 Å². The van der Waals surface area contributed by atoms with Crippen LogP contribution in [0.1, 0.15) is 12.2 Å². The predicted octanol–water partition coefficient (Wildman–Crippen LogP) is 0.433. The van der Waals surface area contributed by atoms with Gasteiger partial charge in [0.25, 0.3) is 0 Å². The summed E-state index contributed by atoms with van der Waals surface area (Å²) >= 11 is 0. The van der Waals surface area contributed by atoms with E-state index in [9.17, 15) is 4.79 Å². The smallest absolute Gasteiger partial charge is 0.449 e. The summed E-state index contributed by atoms with van der Waals surface area (Å²) in [5.41, 5.74) is 0. The average molecular weight is 197 g/mol. The molecule has 1 aliphatic heterocycles. The van der Waals surface area contributed by atoms with Crippen LogP contribution in [0.4, 0.5) is 4.79 Å². The average Bonchev–Trinajstić information content (AvgIpc) is 2.34. The van der Waals surface area contributed by atoms with Crippen molar-refractivity contribution in [1.29, 1.82) is 0 Å². The number of fused-ring (bicyclic) bond motifs is 1. The first-order chi connectivity index (χ1) is 6.75. The van der Waals surface area contributed by atoms with Gasteiger partial charge in [-0.2, -0.15) is 4.98 Å². The third-order valence-corrected chi connectivity index (χ3v) is 2.06. The molecule has 14 heavy (non-hydrogen) atoms. The molecule has 2 rings (SSSR count). The molecule has 0 spiro atoms. The van der Waals surface area contributed by atoms with Crippen LogP contribution < -0.4 is 10.1 Å². The Morgan fingerprint density at radius 1 is 1.71 bits per heavy atom. The Morgan fingerprint density at radius 3 is 3.36 bits per heavy atom.